The number of nitrogens with zero attached hydrogens (tertiary/aromatic N) is 3. The van der Waals surface area contributed by atoms with Gasteiger partial charge in [0.15, 0.2) is 5.82 Å². The van der Waals surface area contributed by atoms with Crippen molar-refractivity contribution in [2.75, 3.05) is 0 Å². The first kappa shape index (κ1) is 19.0. The van der Waals surface area contributed by atoms with Crippen LogP contribution >= 0.6 is 11.3 Å². The minimum atomic E-state index is -0.580. The monoisotopic (exact) mass is 406 g/mol. The Morgan fingerprint density at radius 3 is 2.90 bits per heavy atom. The Morgan fingerprint density at radius 1 is 1.28 bits per heavy atom. The number of benzene rings is 1. The number of nitrogens with one attached hydrogen (secondary N) is 1. The zero-order valence-corrected chi connectivity index (χ0v) is 16.5. The van der Waals surface area contributed by atoms with Crippen LogP contribution in [-0.4, -0.2) is 33.0 Å². The zero-order chi connectivity index (χ0) is 20.1. The van der Waals surface area contributed by atoms with Gasteiger partial charge in [0.2, 0.25) is 0 Å². The highest BCUT2D eigenvalue weighted by Crippen LogP contribution is 2.23. The van der Waals surface area contributed by atoms with Crippen molar-refractivity contribution in [2.24, 2.45) is 0 Å². The molecule has 3 aromatic rings. The second-order valence-electron chi connectivity index (χ2n) is 6.72. The molecule has 1 aliphatic carbocycles. The number of thiazole rings is 1. The van der Waals surface area contributed by atoms with Crippen LogP contribution in [0.3, 0.4) is 0 Å². The maximum Gasteiger partial charge on any atom is 0.265 e. The van der Waals surface area contributed by atoms with E-state index in [2.05, 4.69) is 27.6 Å². The third-order valence-electron chi connectivity index (χ3n) is 4.67. The van der Waals surface area contributed by atoms with Crippen LogP contribution in [0.2, 0.25) is 0 Å². The number of amides is 1. The Morgan fingerprint density at radius 2 is 2.14 bits per heavy atom. The van der Waals surface area contributed by atoms with Gasteiger partial charge in [-0.05, 0) is 30.4 Å². The number of aldehydes is 1. The van der Waals surface area contributed by atoms with Crippen LogP contribution in [0.1, 0.15) is 30.4 Å². The van der Waals surface area contributed by atoms with Crippen molar-refractivity contribution in [3.8, 4) is 16.9 Å². The van der Waals surface area contributed by atoms with Crippen LogP contribution in [0, 0.1) is 0 Å². The van der Waals surface area contributed by atoms with E-state index in [1.807, 2.05) is 42.6 Å². The van der Waals surface area contributed by atoms with E-state index in [1.165, 1.54) is 11.3 Å². The summed E-state index contributed by atoms with van der Waals surface area (Å²) in [6.45, 7) is 0. The first-order valence-electron chi connectivity index (χ1n) is 9.40. The predicted molar refractivity (Wildman–Crippen MR) is 115 cm³/mol. The third kappa shape index (κ3) is 4.41. The fraction of sp³-hybridized carbons (Fsp3) is 0.182. The molecule has 6 nitrogen and oxygen atoms in total. The first-order valence-corrected chi connectivity index (χ1v) is 10.3. The van der Waals surface area contributed by atoms with Gasteiger partial charge in [0.05, 0.1) is 17.7 Å². The lowest BCUT2D eigenvalue weighted by molar-refractivity contribution is -0.109. The summed E-state index contributed by atoms with van der Waals surface area (Å²) in [5.74, 6) is 0.132. The molecule has 2 aromatic heterocycles. The molecule has 1 aromatic carbocycles. The maximum atomic E-state index is 12.8. The Labute approximate surface area is 174 Å². The molecule has 1 aliphatic rings. The van der Waals surface area contributed by atoms with Gasteiger partial charge in [0.1, 0.15) is 11.2 Å². The van der Waals surface area contributed by atoms with Gasteiger partial charge >= 0.3 is 0 Å². The summed E-state index contributed by atoms with van der Waals surface area (Å²) in [6.07, 6.45) is 13.0. The van der Waals surface area contributed by atoms with Gasteiger partial charge in [-0.1, -0.05) is 48.6 Å². The molecule has 0 aliphatic heterocycles. The van der Waals surface area contributed by atoms with Crippen LogP contribution in [0.4, 0.5) is 0 Å². The van der Waals surface area contributed by atoms with Crippen LogP contribution in [0.25, 0.3) is 16.9 Å². The number of aromatic nitrogens is 3. The van der Waals surface area contributed by atoms with Crippen LogP contribution in [0.5, 0.6) is 0 Å². The van der Waals surface area contributed by atoms with E-state index in [0.717, 1.165) is 35.8 Å². The molecule has 148 valence electrons. The Bertz CT molecular complexity index is 1070. The molecule has 2 heterocycles. The molecule has 0 saturated heterocycles. The number of allylic oxidation sites excluding steroid dienone is 3. The van der Waals surface area contributed by atoms with E-state index in [0.29, 0.717) is 17.1 Å². The van der Waals surface area contributed by atoms with Gasteiger partial charge in [0.25, 0.3) is 5.91 Å². The topological polar surface area (TPSA) is 76.9 Å². The second kappa shape index (κ2) is 8.79. The normalized spacial score (nSPS) is 14.3. The third-order valence-corrected chi connectivity index (χ3v) is 5.48. The van der Waals surface area contributed by atoms with Crippen molar-refractivity contribution in [1.82, 2.24) is 20.1 Å². The largest absolute Gasteiger partial charge is 0.341 e. The Balaban J connectivity index is 0.00000256. The highest BCUT2D eigenvalue weighted by atomic mass is 32.1. The minimum Gasteiger partial charge on any atom is -0.341 e. The summed E-state index contributed by atoms with van der Waals surface area (Å²) >= 11 is 1.23. The van der Waals surface area contributed by atoms with Crippen molar-refractivity contribution in [2.45, 2.75) is 25.3 Å². The van der Waals surface area contributed by atoms with E-state index in [-0.39, 0.29) is 7.33 Å². The quantitative estimate of drug-likeness (QED) is 0.597. The number of rotatable bonds is 7. The van der Waals surface area contributed by atoms with Crippen molar-refractivity contribution < 1.29 is 11.0 Å². The minimum absolute atomic E-state index is 0. The standard InChI is InChI=1S/C22H20N4O2S.H2/c27-14-19(11-16-7-3-1-4-8-16)25-22(28)20-21(23-15-29-20)26-13-18(12-24-26)17-9-5-2-6-10-17;/h2-3,5-10,12-15,19H,1,4,11H2,(H,25,28);1H/t19-;/m0./s1. The number of hydrogen-bond donors (Lipinski definition) is 1. The number of carbonyl (C=O) groups excluding carboxylic acids is 2. The maximum absolute atomic E-state index is 12.8. The lowest BCUT2D eigenvalue weighted by Crippen LogP contribution is -2.36. The number of carbonyl (C=O) groups is 2. The highest BCUT2D eigenvalue weighted by molar-refractivity contribution is 7.12. The van der Waals surface area contributed by atoms with Gasteiger partial charge in [-0.25, -0.2) is 9.67 Å². The average molecular weight is 407 g/mol. The van der Waals surface area contributed by atoms with Crippen LogP contribution < -0.4 is 5.32 Å². The van der Waals surface area contributed by atoms with Crippen LogP contribution in [0.15, 0.2) is 72.0 Å². The van der Waals surface area contributed by atoms with Crippen molar-refractivity contribution in [1.29, 1.82) is 0 Å². The Hall–Kier alpha value is -3.32. The lowest BCUT2D eigenvalue weighted by Gasteiger charge is -2.14. The van der Waals surface area contributed by atoms with Crippen molar-refractivity contribution >= 4 is 23.5 Å². The Kier molecular flexibility index (Phi) is 5.76. The molecule has 1 N–H and O–H groups in total. The van der Waals surface area contributed by atoms with E-state index in [9.17, 15) is 9.59 Å². The molecule has 0 fully saturated rings. The summed E-state index contributed by atoms with van der Waals surface area (Å²) in [4.78, 5) is 29.0. The van der Waals surface area contributed by atoms with Crippen molar-refractivity contribution in [3.63, 3.8) is 0 Å². The predicted octanol–water partition coefficient (Wildman–Crippen LogP) is 4.21. The molecule has 0 radical (unpaired) electrons. The average Bonchev–Trinajstić information content (AvgIpc) is 3.44. The summed E-state index contributed by atoms with van der Waals surface area (Å²) < 4.78 is 1.59. The molecule has 0 bridgehead atoms. The molecule has 29 heavy (non-hydrogen) atoms. The molecule has 4 rings (SSSR count). The molecule has 1 atom stereocenters. The van der Waals surface area contributed by atoms with Crippen LogP contribution in [-0.2, 0) is 4.79 Å². The van der Waals surface area contributed by atoms with Crippen molar-refractivity contribution in [3.05, 3.63) is 76.9 Å². The fourth-order valence-corrected chi connectivity index (χ4v) is 3.89. The van der Waals surface area contributed by atoms with E-state index < -0.39 is 6.04 Å². The van der Waals surface area contributed by atoms with Gasteiger partial charge in [0, 0.05) is 13.2 Å². The smallest absolute Gasteiger partial charge is 0.265 e. The first-order chi connectivity index (χ1) is 14.2. The molecule has 1 amide bonds. The van der Waals surface area contributed by atoms with Gasteiger partial charge < -0.3 is 10.1 Å². The molecule has 0 unspecified atom stereocenters. The number of hydrogen-bond acceptors (Lipinski definition) is 5. The summed E-state index contributed by atoms with van der Waals surface area (Å²) in [7, 11) is 0. The molecular weight excluding hydrogens is 384 g/mol. The fourth-order valence-electron chi connectivity index (χ4n) is 3.22. The summed E-state index contributed by atoms with van der Waals surface area (Å²) in [5.41, 5.74) is 4.65. The molecule has 0 saturated carbocycles. The molecule has 7 heteroatoms. The summed E-state index contributed by atoms with van der Waals surface area (Å²) in [5, 5.41) is 7.18. The SMILES string of the molecule is O=C[C@H](CC1=CCCC=C1)NC(=O)c1scnc1-n1cc(-c2ccccc2)cn1.[HH]. The van der Waals surface area contributed by atoms with Gasteiger partial charge in [-0.3, -0.25) is 4.79 Å². The van der Waals surface area contributed by atoms with Gasteiger partial charge in [-0.15, -0.1) is 11.3 Å². The molecule has 0 spiro atoms. The van der Waals surface area contributed by atoms with E-state index in [4.69, 9.17) is 0 Å². The highest BCUT2D eigenvalue weighted by Gasteiger charge is 2.21. The summed E-state index contributed by atoms with van der Waals surface area (Å²) in [6, 6.07) is 9.30. The lowest BCUT2D eigenvalue weighted by atomic mass is 10.0. The molecular formula is C22H22N4O2S. The second-order valence-corrected chi connectivity index (χ2v) is 7.58. The van der Waals surface area contributed by atoms with Gasteiger partial charge in [-0.2, -0.15) is 5.10 Å². The zero-order valence-electron chi connectivity index (χ0n) is 15.7. The van der Waals surface area contributed by atoms with E-state index in [1.54, 1.807) is 16.4 Å². The van der Waals surface area contributed by atoms with E-state index >= 15 is 0 Å².